The molecule has 0 fully saturated rings. The number of rotatable bonds is 4. The van der Waals surface area contributed by atoms with Crippen LogP contribution in [-0.4, -0.2) is 9.97 Å². The molecule has 4 aromatic rings. The largest absolute Gasteiger partial charge is 0.444 e. The number of oxazole rings is 2. The average Bonchev–Trinajstić information content (AvgIpc) is 3.20. The van der Waals surface area contributed by atoms with Gasteiger partial charge in [0.2, 0.25) is 5.89 Å². The monoisotopic (exact) mass is 322 g/mol. The molecule has 0 atom stereocenters. The van der Waals surface area contributed by atoms with Crippen LogP contribution in [0.25, 0.3) is 22.6 Å². The number of aromatic nitrogens is 2. The van der Waals surface area contributed by atoms with Crippen LogP contribution >= 0.6 is 11.8 Å². The molecule has 0 spiro atoms. The Kier molecular flexibility index (Phi) is 3.63. The highest BCUT2D eigenvalue weighted by Crippen LogP contribution is 2.27. The van der Waals surface area contributed by atoms with E-state index in [9.17, 15) is 0 Å². The summed E-state index contributed by atoms with van der Waals surface area (Å²) in [4.78, 5) is 8.96. The average molecular weight is 322 g/mol. The number of thioether (sulfide) groups is 1. The number of aryl methyl sites for hydroxylation is 1. The van der Waals surface area contributed by atoms with Gasteiger partial charge in [-0.1, -0.05) is 41.6 Å². The van der Waals surface area contributed by atoms with E-state index in [1.165, 1.54) is 17.3 Å². The van der Waals surface area contributed by atoms with E-state index in [1.807, 2.05) is 48.5 Å². The molecule has 2 aromatic heterocycles. The Morgan fingerprint density at radius 2 is 1.83 bits per heavy atom. The van der Waals surface area contributed by atoms with Crippen molar-refractivity contribution in [2.75, 3.05) is 0 Å². The Bertz CT molecular complexity index is 908. The van der Waals surface area contributed by atoms with Gasteiger partial charge in [0.05, 0.1) is 5.69 Å². The SMILES string of the molecule is Cc1ccc(-c2nc(CSc3nc4ccccc4o3)co2)cc1. The van der Waals surface area contributed by atoms with E-state index in [0.29, 0.717) is 16.9 Å². The molecule has 0 aliphatic heterocycles. The van der Waals surface area contributed by atoms with E-state index in [1.54, 1.807) is 6.26 Å². The lowest BCUT2D eigenvalue weighted by atomic mass is 10.1. The second-order valence-corrected chi connectivity index (χ2v) is 6.17. The normalized spacial score (nSPS) is 11.2. The van der Waals surface area contributed by atoms with Crippen molar-refractivity contribution in [2.24, 2.45) is 0 Å². The van der Waals surface area contributed by atoms with Crippen LogP contribution in [0, 0.1) is 6.92 Å². The minimum absolute atomic E-state index is 0.637. The van der Waals surface area contributed by atoms with E-state index >= 15 is 0 Å². The van der Waals surface area contributed by atoms with Crippen molar-refractivity contribution in [2.45, 2.75) is 17.9 Å². The second-order valence-electron chi connectivity index (χ2n) is 5.25. The first-order valence-electron chi connectivity index (χ1n) is 7.28. The van der Waals surface area contributed by atoms with E-state index in [4.69, 9.17) is 8.83 Å². The zero-order chi connectivity index (χ0) is 15.6. The fourth-order valence-corrected chi connectivity index (χ4v) is 2.97. The topological polar surface area (TPSA) is 52.1 Å². The summed E-state index contributed by atoms with van der Waals surface area (Å²) in [6, 6.07) is 15.9. The first kappa shape index (κ1) is 14.1. The molecular weight excluding hydrogens is 308 g/mol. The van der Waals surface area contributed by atoms with Crippen molar-refractivity contribution in [3.8, 4) is 11.5 Å². The predicted molar refractivity (Wildman–Crippen MR) is 90.2 cm³/mol. The Labute approximate surface area is 137 Å². The molecule has 0 N–H and O–H groups in total. The summed E-state index contributed by atoms with van der Waals surface area (Å²) < 4.78 is 11.3. The van der Waals surface area contributed by atoms with Gasteiger partial charge in [0, 0.05) is 11.3 Å². The fraction of sp³-hybridized carbons (Fsp3) is 0.111. The zero-order valence-electron chi connectivity index (χ0n) is 12.5. The lowest BCUT2D eigenvalue weighted by molar-refractivity contribution is 0.489. The highest BCUT2D eigenvalue weighted by molar-refractivity contribution is 7.98. The number of para-hydroxylation sites is 2. The summed E-state index contributed by atoms with van der Waals surface area (Å²) in [5.74, 6) is 1.29. The first-order valence-corrected chi connectivity index (χ1v) is 8.26. The molecule has 5 heteroatoms. The third kappa shape index (κ3) is 3.00. The van der Waals surface area contributed by atoms with E-state index in [-0.39, 0.29) is 0 Å². The third-order valence-electron chi connectivity index (χ3n) is 3.47. The molecule has 0 aliphatic carbocycles. The van der Waals surface area contributed by atoms with Crippen molar-refractivity contribution in [1.82, 2.24) is 9.97 Å². The molecule has 0 saturated carbocycles. The van der Waals surface area contributed by atoms with Gasteiger partial charge in [-0.15, -0.1) is 0 Å². The Morgan fingerprint density at radius 1 is 1.00 bits per heavy atom. The van der Waals surface area contributed by atoms with Gasteiger partial charge in [-0.2, -0.15) is 0 Å². The summed E-state index contributed by atoms with van der Waals surface area (Å²) >= 11 is 1.51. The van der Waals surface area contributed by atoms with Crippen LogP contribution in [0.15, 0.2) is 68.9 Å². The predicted octanol–water partition coefficient (Wildman–Crippen LogP) is 5.08. The molecule has 2 heterocycles. The van der Waals surface area contributed by atoms with Crippen LogP contribution in [-0.2, 0) is 5.75 Å². The van der Waals surface area contributed by atoms with Crippen LogP contribution < -0.4 is 0 Å². The highest BCUT2D eigenvalue weighted by Gasteiger charge is 2.10. The number of hydrogen-bond donors (Lipinski definition) is 0. The maximum atomic E-state index is 5.69. The molecule has 0 unspecified atom stereocenters. The molecular formula is C18H14N2O2S. The van der Waals surface area contributed by atoms with Crippen LogP contribution in [0.4, 0.5) is 0 Å². The van der Waals surface area contributed by atoms with E-state index in [0.717, 1.165) is 22.4 Å². The van der Waals surface area contributed by atoms with Gasteiger partial charge in [-0.05, 0) is 31.2 Å². The summed E-state index contributed by atoms with van der Waals surface area (Å²) in [5.41, 5.74) is 4.74. The van der Waals surface area contributed by atoms with E-state index < -0.39 is 0 Å². The number of hydrogen-bond acceptors (Lipinski definition) is 5. The molecule has 0 aliphatic rings. The Hall–Kier alpha value is -2.53. The fourth-order valence-electron chi connectivity index (χ4n) is 2.25. The molecule has 0 bridgehead atoms. The van der Waals surface area contributed by atoms with Gasteiger partial charge in [0.1, 0.15) is 11.8 Å². The maximum absolute atomic E-state index is 5.69. The molecule has 0 amide bonds. The second kappa shape index (κ2) is 5.93. The quantitative estimate of drug-likeness (QED) is 0.490. The molecule has 23 heavy (non-hydrogen) atoms. The van der Waals surface area contributed by atoms with Crippen LogP contribution in [0.2, 0.25) is 0 Å². The van der Waals surface area contributed by atoms with E-state index in [2.05, 4.69) is 16.9 Å². The lowest BCUT2D eigenvalue weighted by Crippen LogP contribution is -1.82. The lowest BCUT2D eigenvalue weighted by Gasteiger charge is -1.95. The van der Waals surface area contributed by atoms with Crippen molar-refractivity contribution in [1.29, 1.82) is 0 Å². The summed E-state index contributed by atoms with van der Waals surface area (Å²) in [7, 11) is 0. The summed E-state index contributed by atoms with van der Waals surface area (Å²) in [6.45, 7) is 2.06. The first-order chi connectivity index (χ1) is 11.3. The third-order valence-corrected chi connectivity index (χ3v) is 4.33. The summed E-state index contributed by atoms with van der Waals surface area (Å²) in [6.07, 6.45) is 1.69. The molecule has 4 nitrogen and oxygen atoms in total. The molecule has 114 valence electrons. The van der Waals surface area contributed by atoms with Crippen LogP contribution in [0.1, 0.15) is 11.3 Å². The van der Waals surface area contributed by atoms with Gasteiger partial charge in [0.15, 0.2) is 5.58 Å². The Balaban J connectivity index is 1.48. The van der Waals surface area contributed by atoms with Crippen molar-refractivity contribution < 1.29 is 8.83 Å². The molecule has 4 rings (SSSR count). The van der Waals surface area contributed by atoms with Crippen molar-refractivity contribution >= 4 is 22.9 Å². The zero-order valence-corrected chi connectivity index (χ0v) is 13.3. The molecule has 0 saturated heterocycles. The maximum Gasteiger partial charge on any atom is 0.257 e. The standard InChI is InChI=1S/C18H14N2O2S/c1-12-6-8-13(9-7-12)17-19-14(10-21-17)11-23-18-20-15-4-2-3-5-16(15)22-18/h2-10H,11H2,1H3. The Morgan fingerprint density at radius 3 is 2.65 bits per heavy atom. The van der Waals surface area contributed by atoms with Crippen molar-refractivity contribution in [3.63, 3.8) is 0 Å². The van der Waals surface area contributed by atoms with Crippen molar-refractivity contribution in [3.05, 3.63) is 66.1 Å². The number of fused-ring (bicyclic) bond motifs is 1. The van der Waals surface area contributed by atoms with Gasteiger partial charge in [-0.25, -0.2) is 9.97 Å². The number of benzene rings is 2. The van der Waals surface area contributed by atoms with Gasteiger partial charge in [-0.3, -0.25) is 0 Å². The van der Waals surface area contributed by atoms with Gasteiger partial charge >= 0.3 is 0 Å². The smallest absolute Gasteiger partial charge is 0.257 e. The molecule has 2 aromatic carbocycles. The van der Waals surface area contributed by atoms with Crippen LogP contribution in [0.3, 0.4) is 0 Å². The number of nitrogens with zero attached hydrogens (tertiary/aromatic N) is 2. The highest BCUT2D eigenvalue weighted by atomic mass is 32.2. The van der Waals surface area contributed by atoms with Crippen LogP contribution in [0.5, 0.6) is 0 Å². The van der Waals surface area contributed by atoms with Gasteiger partial charge < -0.3 is 8.83 Å². The minimum atomic E-state index is 0.637. The summed E-state index contributed by atoms with van der Waals surface area (Å²) in [5, 5.41) is 0.645. The van der Waals surface area contributed by atoms with Gasteiger partial charge in [0.25, 0.3) is 5.22 Å². The molecule has 0 radical (unpaired) electrons. The minimum Gasteiger partial charge on any atom is -0.444 e.